The van der Waals surface area contributed by atoms with E-state index in [-0.39, 0.29) is 0 Å². The fourth-order valence-electron chi connectivity index (χ4n) is 2.25. The molecule has 3 heteroatoms. The minimum absolute atomic E-state index is 0.642. The Bertz CT molecular complexity index is 572. The maximum absolute atomic E-state index is 8.92. The summed E-state index contributed by atoms with van der Waals surface area (Å²) in [6.45, 7) is 4.89. The van der Waals surface area contributed by atoms with Crippen molar-refractivity contribution in [3.63, 3.8) is 0 Å². The summed E-state index contributed by atoms with van der Waals surface area (Å²) in [5.74, 6) is 0.866. The standard InChI is InChI=1S/C17H21N2O/c1-3-12-20-17-10-9-15(8-5-11-18)19(17)16-7-4-6-14(2)13-16/h4,6-7,9-11,13H,3,5,8,12H2,1-2H3. The molecule has 2 rings (SSSR count). The molecule has 3 nitrogen and oxygen atoms in total. The molecule has 0 amide bonds. The van der Waals surface area contributed by atoms with Crippen molar-refractivity contribution in [2.45, 2.75) is 33.1 Å². The molecule has 0 aliphatic heterocycles. The number of rotatable bonds is 7. The fraction of sp³-hybridized carbons (Fsp3) is 0.353. The van der Waals surface area contributed by atoms with Crippen LogP contribution in [-0.2, 0) is 6.42 Å². The van der Waals surface area contributed by atoms with Gasteiger partial charge in [-0.3, -0.25) is 4.57 Å². The molecule has 0 saturated heterocycles. The summed E-state index contributed by atoms with van der Waals surface area (Å²) in [6, 6.07) is 12.4. The molecule has 105 valence electrons. The Hall–Kier alpha value is -2.03. The normalized spacial score (nSPS) is 10.5. The Morgan fingerprint density at radius 2 is 2.10 bits per heavy atom. The van der Waals surface area contributed by atoms with E-state index < -0.39 is 0 Å². The molecular formula is C17H21N2O. The molecule has 0 bridgehead atoms. The fourth-order valence-corrected chi connectivity index (χ4v) is 2.25. The van der Waals surface area contributed by atoms with Crippen molar-refractivity contribution in [2.75, 3.05) is 6.61 Å². The van der Waals surface area contributed by atoms with E-state index in [4.69, 9.17) is 10.1 Å². The highest BCUT2D eigenvalue weighted by Crippen LogP contribution is 2.25. The Balaban J connectivity index is 2.39. The van der Waals surface area contributed by atoms with Gasteiger partial charge in [0.15, 0.2) is 5.88 Å². The zero-order valence-corrected chi connectivity index (χ0v) is 12.2. The molecule has 0 aliphatic rings. The molecule has 0 saturated carbocycles. The average molecular weight is 269 g/mol. The Morgan fingerprint density at radius 3 is 2.80 bits per heavy atom. The highest BCUT2D eigenvalue weighted by molar-refractivity contribution is 5.55. The summed E-state index contributed by atoms with van der Waals surface area (Å²) in [6.07, 6.45) is 3.63. The highest BCUT2D eigenvalue weighted by atomic mass is 16.5. The lowest BCUT2D eigenvalue weighted by molar-refractivity contribution is 0.299. The second kappa shape index (κ2) is 6.94. The molecular weight excluding hydrogens is 248 g/mol. The molecule has 0 aliphatic carbocycles. The van der Waals surface area contributed by atoms with E-state index in [0.29, 0.717) is 13.0 Å². The third kappa shape index (κ3) is 3.29. The Labute approximate surface area is 120 Å². The van der Waals surface area contributed by atoms with Crippen molar-refractivity contribution in [3.05, 3.63) is 47.7 Å². The molecule has 20 heavy (non-hydrogen) atoms. The quantitative estimate of drug-likeness (QED) is 0.710. The predicted octanol–water partition coefficient (Wildman–Crippen LogP) is 3.38. The summed E-state index contributed by atoms with van der Waals surface area (Å²) < 4.78 is 7.96. The number of hydrogen-bond acceptors (Lipinski definition) is 1. The summed E-state index contributed by atoms with van der Waals surface area (Å²) in [7, 11) is 0. The average Bonchev–Trinajstić information content (AvgIpc) is 2.85. The lowest BCUT2D eigenvalue weighted by Crippen LogP contribution is -2.06. The highest BCUT2D eigenvalue weighted by Gasteiger charge is 2.11. The zero-order valence-electron chi connectivity index (χ0n) is 12.2. The van der Waals surface area contributed by atoms with Crippen LogP contribution in [0, 0.1) is 6.92 Å². The maximum atomic E-state index is 8.92. The van der Waals surface area contributed by atoms with Gasteiger partial charge in [0.25, 0.3) is 0 Å². The smallest absolute Gasteiger partial charge is 0.198 e. The topological polar surface area (TPSA) is 36.5 Å². The van der Waals surface area contributed by atoms with E-state index in [0.717, 1.165) is 30.1 Å². The molecule has 1 aromatic carbocycles. The van der Waals surface area contributed by atoms with Crippen LogP contribution in [0.15, 0.2) is 36.4 Å². The number of nitrogens with zero attached hydrogens (tertiary/aromatic N) is 2. The monoisotopic (exact) mass is 269 g/mol. The van der Waals surface area contributed by atoms with Crippen molar-refractivity contribution in [1.82, 2.24) is 9.98 Å². The van der Waals surface area contributed by atoms with Crippen LogP contribution < -0.4 is 10.1 Å². The molecule has 0 fully saturated rings. The summed E-state index contributed by atoms with van der Waals surface area (Å²) in [5, 5.41) is 8.92. The van der Waals surface area contributed by atoms with Crippen LogP contribution in [0.4, 0.5) is 0 Å². The van der Waals surface area contributed by atoms with Crippen molar-refractivity contribution in [1.29, 1.82) is 0 Å². The van der Waals surface area contributed by atoms with Gasteiger partial charge in [0.2, 0.25) is 0 Å². The second-order valence-corrected chi connectivity index (χ2v) is 4.91. The number of aryl methyl sites for hydroxylation is 2. The first-order valence-electron chi connectivity index (χ1n) is 7.12. The molecule has 1 heterocycles. The molecule has 0 spiro atoms. The number of aromatic nitrogens is 1. The van der Waals surface area contributed by atoms with E-state index in [1.54, 1.807) is 0 Å². The van der Waals surface area contributed by atoms with Crippen molar-refractivity contribution >= 4 is 6.21 Å². The molecule has 0 atom stereocenters. The largest absolute Gasteiger partial charge is 0.479 e. The first-order valence-corrected chi connectivity index (χ1v) is 7.12. The number of benzene rings is 1. The second-order valence-electron chi connectivity index (χ2n) is 4.91. The van der Waals surface area contributed by atoms with Crippen LogP contribution in [0.2, 0.25) is 0 Å². The van der Waals surface area contributed by atoms with Gasteiger partial charge in [-0.15, -0.1) is 0 Å². The van der Waals surface area contributed by atoms with Gasteiger partial charge < -0.3 is 4.74 Å². The van der Waals surface area contributed by atoms with Gasteiger partial charge in [-0.2, -0.15) is 5.41 Å². The van der Waals surface area contributed by atoms with E-state index in [9.17, 15) is 0 Å². The molecule has 1 radical (unpaired) electrons. The third-order valence-corrected chi connectivity index (χ3v) is 3.17. The number of ether oxygens (including phenoxy) is 1. The van der Waals surface area contributed by atoms with E-state index in [1.807, 2.05) is 6.07 Å². The SMILES string of the molecule is CCCOc1ccc(CCC=[N])n1-c1cccc(C)c1. The minimum Gasteiger partial charge on any atom is -0.479 e. The summed E-state index contributed by atoms with van der Waals surface area (Å²) in [5.41, 5.74) is 3.47. The van der Waals surface area contributed by atoms with Gasteiger partial charge in [-0.05, 0) is 49.9 Å². The van der Waals surface area contributed by atoms with Crippen LogP contribution in [-0.4, -0.2) is 17.4 Å². The maximum Gasteiger partial charge on any atom is 0.198 e. The summed E-state index contributed by atoms with van der Waals surface area (Å²) in [4.78, 5) is 0. The van der Waals surface area contributed by atoms with Gasteiger partial charge >= 0.3 is 0 Å². The minimum atomic E-state index is 0.642. The molecule has 1 aromatic heterocycles. The van der Waals surface area contributed by atoms with Crippen molar-refractivity contribution in [2.24, 2.45) is 0 Å². The van der Waals surface area contributed by atoms with E-state index in [1.165, 1.54) is 11.8 Å². The van der Waals surface area contributed by atoms with Gasteiger partial charge in [0.05, 0.1) is 6.61 Å². The molecule has 2 aromatic rings. The summed E-state index contributed by atoms with van der Waals surface area (Å²) >= 11 is 0. The first-order chi connectivity index (χ1) is 9.76. The van der Waals surface area contributed by atoms with Gasteiger partial charge in [-0.1, -0.05) is 19.1 Å². The van der Waals surface area contributed by atoms with Crippen LogP contribution in [0.3, 0.4) is 0 Å². The van der Waals surface area contributed by atoms with Gasteiger partial charge in [0.1, 0.15) is 0 Å². The van der Waals surface area contributed by atoms with Crippen LogP contribution in [0.25, 0.3) is 5.69 Å². The van der Waals surface area contributed by atoms with Crippen molar-refractivity contribution in [3.8, 4) is 11.6 Å². The molecule has 0 N–H and O–H groups in total. The van der Waals surface area contributed by atoms with Gasteiger partial charge in [0, 0.05) is 23.7 Å². The van der Waals surface area contributed by atoms with Crippen molar-refractivity contribution < 1.29 is 4.74 Å². The lowest BCUT2D eigenvalue weighted by atomic mass is 10.2. The first kappa shape index (κ1) is 14.4. The zero-order chi connectivity index (χ0) is 14.4. The molecule has 0 unspecified atom stereocenters. The third-order valence-electron chi connectivity index (χ3n) is 3.17. The Morgan fingerprint density at radius 1 is 1.25 bits per heavy atom. The van der Waals surface area contributed by atoms with Crippen LogP contribution in [0.1, 0.15) is 31.0 Å². The van der Waals surface area contributed by atoms with Crippen LogP contribution in [0.5, 0.6) is 5.88 Å². The number of hydrogen-bond donors (Lipinski definition) is 0. The van der Waals surface area contributed by atoms with Gasteiger partial charge in [-0.25, -0.2) is 0 Å². The Kier molecular flexibility index (Phi) is 4.99. The van der Waals surface area contributed by atoms with E-state index in [2.05, 4.69) is 48.7 Å². The van der Waals surface area contributed by atoms with Crippen LogP contribution >= 0.6 is 0 Å². The lowest BCUT2D eigenvalue weighted by Gasteiger charge is -2.14. The predicted molar refractivity (Wildman–Crippen MR) is 82.8 cm³/mol. The van der Waals surface area contributed by atoms with E-state index >= 15 is 0 Å².